The third kappa shape index (κ3) is 31.4. The van der Waals surface area contributed by atoms with E-state index in [1.54, 1.807) is 13.1 Å². The zero-order chi connectivity index (χ0) is 14.4. The number of nitrogens with two attached hydrogens (primary N) is 1. The first-order valence-electron chi connectivity index (χ1n) is 5.22. The number of nitrogens with one attached hydrogen (secondary N) is 1. The first-order valence-corrected chi connectivity index (χ1v) is 5.22. The van der Waals surface area contributed by atoms with Crippen LogP contribution in [0.3, 0.4) is 0 Å². The van der Waals surface area contributed by atoms with Crippen LogP contribution in [0.15, 0.2) is 11.8 Å². The van der Waals surface area contributed by atoms with Crippen molar-refractivity contribution in [1.82, 2.24) is 5.32 Å². The van der Waals surface area contributed by atoms with Crippen LogP contribution in [0.5, 0.6) is 0 Å². The fourth-order valence-corrected chi connectivity index (χ4v) is 0.728. The van der Waals surface area contributed by atoms with E-state index in [1.165, 1.54) is 27.8 Å². The molecule has 100 valence electrons. The van der Waals surface area contributed by atoms with Crippen molar-refractivity contribution < 1.29 is 14.4 Å². The second-order valence-corrected chi connectivity index (χ2v) is 3.27. The molecule has 0 aliphatic heterocycles. The van der Waals surface area contributed by atoms with E-state index >= 15 is 0 Å². The maximum atomic E-state index is 10.3. The Labute approximate surface area is 103 Å². The fraction of sp³-hybridized carbons (Fsp3) is 0.583. The summed E-state index contributed by atoms with van der Waals surface area (Å²) < 4.78 is 0. The van der Waals surface area contributed by atoms with E-state index in [0.717, 1.165) is 5.70 Å². The zero-order valence-electron chi connectivity index (χ0n) is 11.6. The summed E-state index contributed by atoms with van der Waals surface area (Å²) in [6, 6.07) is 0. The Hall–Kier alpha value is -1.49. The molecule has 0 radical (unpaired) electrons. The lowest BCUT2D eigenvalue weighted by Gasteiger charge is -1.93. The van der Waals surface area contributed by atoms with Crippen LogP contribution in [0, 0.1) is 0 Å². The topological polar surface area (TPSA) is 89.3 Å². The van der Waals surface area contributed by atoms with Crippen molar-refractivity contribution in [1.29, 1.82) is 0 Å². The molecule has 0 rings (SSSR count). The Bertz CT molecular complexity index is 259. The molecule has 5 nitrogen and oxygen atoms in total. The predicted octanol–water partition coefficient (Wildman–Crippen LogP) is 0.828. The largest absolute Gasteiger partial charge is 0.392 e. The summed E-state index contributed by atoms with van der Waals surface area (Å²) >= 11 is 0. The van der Waals surface area contributed by atoms with E-state index in [4.69, 9.17) is 0 Å². The average molecular weight is 244 g/mol. The van der Waals surface area contributed by atoms with Crippen molar-refractivity contribution in [2.75, 3.05) is 14.1 Å². The van der Waals surface area contributed by atoms with Crippen LogP contribution < -0.4 is 11.1 Å². The molecule has 0 fully saturated rings. The van der Waals surface area contributed by atoms with Gasteiger partial charge >= 0.3 is 0 Å². The van der Waals surface area contributed by atoms with Crippen molar-refractivity contribution in [3.8, 4) is 0 Å². The zero-order valence-corrected chi connectivity index (χ0v) is 11.6. The number of allylic oxidation sites excluding steroid dienone is 2. The summed E-state index contributed by atoms with van der Waals surface area (Å²) in [4.78, 5) is 30.4. The Morgan fingerprint density at radius 1 is 1.00 bits per heavy atom. The van der Waals surface area contributed by atoms with Crippen molar-refractivity contribution in [2.24, 2.45) is 5.73 Å². The summed E-state index contributed by atoms with van der Waals surface area (Å²) in [5.74, 6) is -0.0446. The molecule has 0 aliphatic carbocycles. The van der Waals surface area contributed by atoms with Crippen molar-refractivity contribution >= 4 is 17.3 Å². The normalized spacial score (nSPS) is 9.00. The van der Waals surface area contributed by atoms with E-state index in [1.807, 2.05) is 6.92 Å². The maximum Gasteiger partial charge on any atom is 0.154 e. The third-order valence-electron chi connectivity index (χ3n) is 1.31. The molecule has 0 aromatic carbocycles. The minimum Gasteiger partial charge on any atom is -0.392 e. The van der Waals surface area contributed by atoms with Crippen LogP contribution in [-0.2, 0) is 14.4 Å². The summed E-state index contributed by atoms with van der Waals surface area (Å²) in [6.45, 7) is 6.19. The SMILES string of the molecule is CC(=O)CC(C)=O.CN.CN/C(C)=C/C(C)=O. The average Bonchev–Trinajstić information content (AvgIpc) is 2.18. The van der Waals surface area contributed by atoms with Gasteiger partial charge in [-0.05, 0) is 40.8 Å². The second-order valence-electron chi connectivity index (χ2n) is 3.27. The highest BCUT2D eigenvalue weighted by Gasteiger charge is 1.94. The number of hydrogen-bond donors (Lipinski definition) is 2. The van der Waals surface area contributed by atoms with E-state index in [0.29, 0.717) is 0 Å². The van der Waals surface area contributed by atoms with Gasteiger partial charge in [-0.25, -0.2) is 0 Å². The molecule has 0 unspecified atom stereocenters. The van der Waals surface area contributed by atoms with Gasteiger partial charge in [-0.3, -0.25) is 14.4 Å². The minimum atomic E-state index is -0.0625. The van der Waals surface area contributed by atoms with Gasteiger partial charge in [-0.1, -0.05) is 0 Å². The Morgan fingerprint density at radius 3 is 1.41 bits per heavy atom. The van der Waals surface area contributed by atoms with E-state index in [-0.39, 0.29) is 23.8 Å². The third-order valence-corrected chi connectivity index (χ3v) is 1.31. The molecule has 0 amide bonds. The van der Waals surface area contributed by atoms with E-state index in [9.17, 15) is 14.4 Å². The van der Waals surface area contributed by atoms with Crippen LogP contribution in [-0.4, -0.2) is 31.4 Å². The Kier molecular flexibility index (Phi) is 17.8. The molecule has 0 saturated heterocycles. The van der Waals surface area contributed by atoms with Crippen LogP contribution in [0.25, 0.3) is 0 Å². The lowest BCUT2D eigenvalue weighted by atomic mass is 10.2. The molecular weight excluding hydrogens is 220 g/mol. The van der Waals surface area contributed by atoms with Gasteiger partial charge in [-0.15, -0.1) is 0 Å². The number of rotatable bonds is 4. The number of hydrogen-bond acceptors (Lipinski definition) is 5. The molecule has 0 heterocycles. The number of carbonyl (C=O) groups is 3. The van der Waals surface area contributed by atoms with Crippen LogP contribution in [0.1, 0.15) is 34.1 Å². The van der Waals surface area contributed by atoms with Gasteiger partial charge in [0.25, 0.3) is 0 Å². The highest BCUT2D eigenvalue weighted by molar-refractivity contribution is 5.96. The monoisotopic (exact) mass is 244 g/mol. The van der Waals surface area contributed by atoms with E-state index < -0.39 is 0 Å². The Balaban J connectivity index is -0.000000202. The quantitative estimate of drug-likeness (QED) is 0.564. The summed E-state index contributed by atoms with van der Waals surface area (Å²) in [5, 5.41) is 2.84. The lowest BCUT2D eigenvalue weighted by Crippen LogP contribution is -2.02. The molecule has 0 saturated carbocycles. The van der Waals surface area contributed by atoms with Crippen LogP contribution >= 0.6 is 0 Å². The second kappa shape index (κ2) is 14.5. The van der Waals surface area contributed by atoms with Gasteiger partial charge < -0.3 is 11.1 Å². The van der Waals surface area contributed by atoms with E-state index in [2.05, 4.69) is 11.1 Å². The van der Waals surface area contributed by atoms with Crippen molar-refractivity contribution in [2.45, 2.75) is 34.1 Å². The molecule has 3 N–H and O–H groups in total. The molecule has 0 bridgehead atoms. The smallest absolute Gasteiger partial charge is 0.154 e. The minimum absolute atomic E-state index is 0.0625. The summed E-state index contributed by atoms with van der Waals surface area (Å²) in [7, 11) is 3.29. The molecule has 5 heteroatoms. The van der Waals surface area contributed by atoms with Gasteiger partial charge in [0.15, 0.2) is 5.78 Å². The molecule has 0 aromatic heterocycles. The summed E-state index contributed by atoms with van der Waals surface area (Å²) in [6.07, 6.45) is 1.64. The number of ketones is 3. The molecular formula is C12H24N2O3. The Morgan fingerprint density at radius 2 is 1.35 bits per heavy atom. The molecule has 17 heavy (non-hydrogen) atoms. The van der Waals surface area contributed by atoms with Gasteiger partial charge in [-0.2, -0.15) is 0 Å². The maximum absolute atomic E-state index is 10.3. The predicted molar refractivity (Wildman–Crippen MR) is 69.6 cm³/mol. The van der Waals surface area contributed by atoms with Crippen molar-refractivity contribution in [3.05, 3.63) is 11.8 Å². The molecule has 0 spiro atoms. The first kappa shape index (κ1) is 20.9. The van der Waals surface area contributed by atoms with Crippen LogP contribution in [0.2, 0.25) is 0 Å². The standard InChI is InChI=1S/C6H11NO.C5H8O2.CH5N/c1-5(7-3)4-6(2)8;1-4(6)3-5(2)7;1-2/h4,7H,1-3H3;3H2,1-2H3;2H2,1H3/b5-4+;;. The molecule has 0 aliphatic rings. The summed E-state index contributed by atoms with van der Waals surface area (Å²) in [5.41, 5.74) is 5.40. The van der Waals surface area contributed by atoms with Crippen LogP contribution in [0.4, 0.5) is 0 Å². The lowest BCUT2D eigenvalue weighted by molar-refractivity contribution is -0.124. The van der Waals surface area contributed by atoms with Gasteiger partial charge in [0.1, 0.15) is 11.6 Å². The van der Waals surface area contributed by atoms with Gasteiger partial charge in [0.2, 0.25) is 0 Å². The van der Waals surface area contributed by atoms with Gasteiger partial charge in [0, 0.05) is 12.7 Å². The first-order chi connectivity index (χ1) is 7.79. The highest BCUT2D eigenvalue weighted by Crippen LogP contribution is 1.83. The van der Waals surface area contributed by atoms with Gasteiger partial charge in [0.05, 0.1) is 6.42 Å². The van der Waals surface area contributed by atoms with Crippen molar-refractivity contribution in [3.63, 3.8) is 0 Å². The number of carbonyl (C=O) groups excluding carboxylic acids is 3. The fourth-order valence-electron chi connectivity index (χ4n) is 0.728. The molecule has 0 aromatic rings. The highest BCUT2D eigenvalue weighted by atomic mass is 16.1. The molecule has 0 atom stereocenters. The number of Topliss-reactive ketones (excluding diaryl/α,β-unsaturated/α-hetero) is 2.